The highest BCUT2D eigenvalue weighted by Gasteiger charge is 2.30. The minimum atomic E-state index is -0.331. The van der Waals surface area contributed by atoms with Gasteiger partial charge in [0.25, 0.3) is 0 Å². The summed E-state index contributed by atoms with van der Waals surface area (Å²) in [6, 6.07) is 3.92. The molecule has 2 N–H and O–H groups in total. The van der Waals surface area contributed by atoms with Crippen molar-refractivity contribution < 1.29 is 4.74 Å². The Morgan fingerprint density at radius 1 is 1.29 bits per heavy atom. The molecule has 2 unspecified atom stereocenters. The lowest BCUT2D eigenvalue weighted by molar-refractivity contribution is 0.182. The van der Waals surface area contributed by atoms with Crippen molar-refractivity contribution in [2.24, 2.45) is 5.92 Å². The first-order valence-electron chi connectivity index (χ1n) is 7.41. The van der Waals surface area contributed by atoms with Crippen molar-refractivity contribution in [1.29, 1.82) is 0 Å². The van der Waals surface area contributed by atoms with Crippen LogP contribution in [0.1, 0.15) is 37.4 Å². The van der Waals surface area contributed by atoms with Gasteiger partial charge < -0.3 is 10.5 Å². The normalized spacial score (nSPS) is 25.6. The number of hydrogen-bond acceptors (Lipinski definition) is 5. The lowest BCUT2D eigenvalue weighted by atomic mass is 10.1. The van der Waals surface area contributed by atoms with Crippen LogP contribution < -0.4 is 11.4 Å². The second-order valence-electron chi connectivity index (χ2n) is 6.11. The molecule has 1 aliphatic carbocycles. The molecule has 2 aromatic rings. The van der Waals surface area contributed by atoms with Crippen molar-refractivity contribution >= 4 is 16.9 Å². The molecule has 1 saturated carbocycles. The molecule has 2 fully saturated rings. The van der Waals surface area contributed by atoms with E-state index in [0.29, 0.717) is 24.8 Å². The zero-order valence-electron chi connectivity index (χ0n) is 12.0. The van der Waals surface area contributed by atoms with Crippen LogP contribution in [0.4, 0.5) is 5.82 Å². The van der Waals surface area contributed by atoms with E-state index in [9.17, 15) is 4.79 Å². The minimum absolute atomic E-state index is 0.0185. The Morgan fingerprint density at radius 3 is 2.76 bits per heavy atom. The highest BCUT2D eigenvalue weighted by molar-refractivity contribution is 5.85. The number of ether oxygens (including phenoxy) is 1. The standard InChI is InChI=1S/C15H18N4O2/c1-8-6-21-7-12(8)19-14-10(13(16)18-15(19)20)4-5-11(17-14)9-2-3-9/h4-5,8-9,12H,2-3,6-7H2,1H3,(H2,16,18,20). The van der Waals surface area contributed by atoms with Gasteiger partial charge in [-0.2, -0.15) is 4.98 Å². The average molecular weight is 286 g/mol. The summed E-state index contributed by atoms with van der Waals surface area (Å²) in [4.78, 5) is 21.0. The number of rotatable bonds is 2. The van der Waals surface area contributed by atoms with E-state index in [1.165, 1.54) is 12.8 Å². The van der Waals surface area contributed by atoms with Crippen LogP contribution in [-0.2, 0) is 4.74 Å². The predicted octanol–water partition coefficient (Wildman–Crippen LogP) is 1.46. The Balaban J connectivity index is 1.98. The largest absolute Gasteiger partial charge is 0.383 e. The molecule has 0 aromatic carbocycles. The minimum Gasteiger partial charge on any atom is -0.383 e. The molecule has 3 heterocycles. The molecule has 2 aliphatic rings. The molecule has 2 aromatic heterocycles. The molecule has 6 heteroatoms. The Kier molecular flexibility index (Phi) is 2.75. The van der Waals surface area contributed by atoms with Gasteiger partial charge in [0.05, 0.1) is 24.6 Å². The summed E-state index contributed by atoms with van der Waals surface area (Å²) >= 11 is 0. The molecule has 2 atom stereocenters. The molecular weight excluding hydrogens is 268 g/mol. The summed E-state index contributed by atoms with van der Waals surface area (Å²) in [5.74, 6) is 1.06. The number of nitrogens with two attached hydrogens (primary N) is 1. The lowest BCUT2D eigenvalue weighted by Crippen LogP contribution is -2.31. The van der Waals surface area contributed by atoms with E-state index in [4.69, 9.17) is 15.5 Å². The zero-order chi connectivity index (χ0) is 14.6. The second kappa shape index (κ2) is 4.53. The summed E-state index contributed by atoms with van der Waals surface area (Å²) in [5.41, 5.74) is 7.28. The van der Waals surface area contributed by atoms with E-state index >= 15 is 0 Å². The van der Waals surface area contributed by atoms with E-state index in [2.05, 4.69) is 11.9 Å². The molecule has 4 rings (SSSR count). The number of nitrogen functional groups attached to an aromatic ring is 1. The third-order valence-electron chi connectivity index (χ3n) is 4.48. The summed E-state index contributed by atoms with van der Waals surface area (Å²) in [6.45, 7) is 3.26. The van der Waals surface area contributed by atoms with Crippen molar-refractivity contribution in [2.45, 2.75) is 31.7 Å². The number of anilines is 1. The third-order valence-corrected chi connectivity index (χ3v) is 4.48. The Hall–Kier alpha value is -1.95. The highest BCUT2D eigenvalue weighted by atomic mass is 16.5. The van der Waals surface area contributed by atoms with E-state index in [0.717, 1.165) is 11.1 Å². The van der Waals surface area contributed by atoms with Gasteiger partial charge in [0.2, 0.25) is 0 Å². The maximum atomic E-state index is 12.4. The van der Waals surface area contributed by atoms with Gasteiger partial charge in [0.15, 0.2) is 0 Å². The number of fused-ring (bicyclic) bond motifs is 1. The molecule has 0 amide bonds. The number of aromatic nitrogens is 3. The molecular formula is C15H18N4O2. The van der Waals surface area contributed by atoms with Crippen LogP contribution in [0.5, 0.6) is 0 Å². The van der Waals surface area contributed by atoms with Crippen molar-refractivity contribution in [3.8, 4) is 0 Å². The van der Waals surface area contributed by atoms with Gasteiger partial charge >= 0.3 is 5.69 Å². The van der Waals surface area contributed by atoms with Crippen LogP contribution in [0.25, 0.3) is 11.0 Å². The van der Waals surface area contributed by atoms with Crippen LogP contribution in [0.3, 0.4) is 0 Å². The van der Waals surface area contributed by atoms with Gasteiger partial charge in [0, 0.05) is 17.5 Å². The fourth-order valence-electron chi connectivity index (χ4n) is 3.04. The first-order valence-corrected chi connectivity index (χ1v) is 7.41. The maximum Gasteiger partial charge on any atom is 0.351 e. The van der Waals surface area contributed by atoms with Crippen LogP contribution in [0.2, 0.25) is 0 Å². The van der Waals surface area contributed by atoms with E-state index in [1.54, 1.807) is 4.57 Å². The fourth-order valence-corrected chi connectivity index (χ4v) is 3.04. The molecule has 0 spiro atoms. The van der Waals surface area contributed by atoms with Crippen LogP contribution in [0.15, 0.2) is 16.9 Å². The second-order valence-corrected chi connectivity index (χ2v) is 6.11. The summed E-state index contributed by atoms with van der Waals surface area (Å²) in [7, 11) is 0. The maximum absolute atomic E-state index is 12.4. The number of nitrogens with zero attached hydrogens (tertiary/aromatic N) is 3. The van der Waals surface area contributed by atoms with Crippen molar-refractivity contribution in [3.63, 3.8) is 0 Å². The van der Waals surface area contributed by atoms with Crippen LogP contribution >= 0.6 is 0 Å². The molecule has 0 radical (unpaired) electrons. The van der Waals surface area contributed by atoms with Crippen LogP contribution in [0, 0.1) is 5.92 Å². The van der Waals surface area contributed by atoms with Gasteiger partial charge in [0.1, 0.15) is 11.5 Å². The third kappa shape index (κ3) is 2.01. The summed E-state index contributed by atoms with van der Waals surface area (Å²) in [6.07, 6.45) is 2.35. The summed E-state index contributed by atoms with van der Waals surface area (Å²) in [5, 5.41) is 0.748. The van der Waals surface area contributed by atoms with E-state index in [1.807, 2.05) is 12.1 Å². The molecule has 110 valence electrons. The Labute approximate surface area is 122 Å². The van der Waals surface area contributed by atoms with E-state index in [-0.39, 0.29) is 23.5 Å². The summed E-state index contributed by atoms with van der Waals surface area (Å²) < 4.78 is 7.18. The molecule has 1 saturated heterocycles. The SMILES string of the molecule is CC1COCC1n1c(=O)nc(N)c2ccc(C3CC3)nc21. The number of hydrogen-bond donors (Lipinski definition) is 1. The molecule has 21 heavy (non-hydrogen) atoms. The Morgan fingerprint density at radius 2 is 2.10 bits per heavy atom. The van der Waals surface area contributed by atoms with Gasteiger partial charge in [-0.25, -0.2) is 9.78 Å². The zero-order valence-corrected chi connectivity index (χ0v) is 12.0. The first kappa shape index (κ1) is 12.8. The van der Waals surface area contributed by atoms with Crippen molar-refractivity contribution in [2.75, 3.05) is 18.9 Å². The van der Waals surface area contributed by atoms with E-state index < -0.39 is 0 Å². The van der Waals surface area contributed by atoms with Gasteiger partial charge in [-0.1, -0.05) is 6.92 Å². The lowest BCUT2D eigenvalue weighted by Gasteiger charge is -2.19. The number of pyridine rings is 1. The molecule has 1 aliphatic heterocycles. The topological polar surface area (TPSA) is 83.0 Å². The fraction of sp³-hybridized carbons (Fsp3) is 0.533. The van der Waals surface area contributed by atoms with Gasteiger partial charge in [-0.3, -0.25) is 4.57 Å². The monoisotopic (exact) mass is 286 g/mol. The van der Waals surface area contributed by atoms with Crippen molar-refractivity contribution in [1.82, 2.24) is 14.5 Å². The molecule has 6 nitrogen and oxygen atoms in total. The Bertz CT molecular complexity index is 766. The smallest absolute Gasteiger partial charge is 0.351 e. The molecule has 0 bridgehead atoms. The van der Waals surface area contributed by atoms with Crippen molar-refractivity contribution in [3.05, 3.63) is 28.3 Å². The van der Waals surface area contributed by atoms with Gasteiger partial charge in [-0.15, -0.1) is 0 Å². The first-order chi connectivity index (χ1) is 10.1. The quantitative estimate of drug-likeness (QED) is 0.903. The predicted molar refractivity (Wildman–Crippen MR) is 79.2 cm³/mol. The average Bonchev–Trinajstić information content (AvgIpc) is 3.23. The van der Waals surface area contributed by atoms with Crippen LogP contribution in [-0.4, -0.2) is 27.7 Å². The van der Waals surface area contributed by atoms with Gasteiger partial charge in [-0.05, 0) is 25.0 Å². The highest BCUT2D eigenvalue weighted by Crippen LogP contribution is 2.39.